The molecule has 128 valence electrons. The van der Waals surface area contributed by atoms with Crippen LogP contribution in [-0.2, 0) is 14.8 Å². The molecule has 0 amide bonds. The molecule has 1 N–H and O–H groups in total. The first kappa shape index (κ1) is 17.7. The summed E-state index contributed by atoms with van der Waals surface area (Å²) >= 11 is 0. The molecule has 0 aromatic heterocycles. The molecule has 1 aliphatic rings. The van der Waals surface area contributed by atoms with Crippen LogP contribution in [0.2, 0.25) is 0 Å². The SMILES string of the molecule is COc1ccc(S(=O)(=O)N(CC(=O)O)CC2CCCCC2)cc1. The van der Waals surface area contributed by atoms with Crippen molar-refractivity contribution in [3.63, 3.8) is 0 Å². The standard InChI is InChI=1S/C16H23NO5S/c1-22-14-7-9-15(10-8-14)23(20,21)17(12-16(18)19)11-13-5-3-2-4-6-13/h7-10,13H,2-6,11-12H2,1H3,(H,18,19). The van der Waals surface area contributed by atoms with Crippen molar-refractivity contribution in [3.05, 3.63) is 24.3 Å². The van der Waals surface area contributed by atoms with Gasteiger partial charge in [0.2, 0.25) is 10.0 Å². The first-order chi connectivity index (χ1) is 10.9. The highest BCUT2D eigenvalue weighted by atomic mass is 32.2. The van der Waals surface area contributed by atoms with Gasteiger partial charge in [-0.25, -0.2) is 8.42 Å². The third-order valence-corrected chi connectivity index (χ3v) is 6.02. The van der Waals surface area contributed by atoms with Gasteiger partial charge in [0.1, 0.15) is 12.3 Å². The number of rotatable bonds is 7. The maximum atomic E-state index is 12.8. The second-order valence-corrected chi connectivity index (χ2v) is 7.81. The van der Waals surface area contributed by atoms with Gasteiger partial charge in [0.15, 0.2) is 0 Å². The Labute approximate surface area is 137 Å². The Kier molecular flexibility index (Phi) is 6.01. The maximum Gasteiger partial charge on any atom is 0.318 e. The van der Waals surface area contributed by atoms with E-state index in [9.17, 15) is 13.2 Å². The summed E-state index contributed by atoms with van der Waals surface area (Å²) in [5.74, 6) is -0.352. The highest BCUT2D eigenvalue weighted by Crippen LogP contribution is 2.27. The number of carboxylic acid groups (broad SMARTS) is 1. The van der Waals surface area contributed by atoms with Crippen molar-refractivity contribution in [2.75, 3.05) is 20.2 Å². The van der Waals surface area contributed by atoms with Gasteiger partial charge in [0, 0.05) is 6.54 Å². The lowest BCUT2D eigenvalue weighted by Gasteiger charge is -2.28. The van der Waals surface area contributed by atoms with E-state index in [0.29, 0.717) is 5.75 Å². The molecule has 0 heterocycles. The minimum absolute atomic E-state index is 0.0929. The topological polar surface area (TPSA) is 83.9 Å². The van der Waals surface area contributed by atoms with Crippen molar-refractivity contribution in [1.29, 1.82) is 0 Å². The normalized spacial score (nSPS) is 16.4. The van der Waals surface area contributed by atoms with Gasteiger partial charge in [-0.3, -0.25) is 4.79 Å². The average molecular weight is 341 g/mol. The summed E-state index contributed by atoms with van der Waals surface area (Å²) in [5.41, 5.74) is 0. The second kappa shape index (κ2) is 7.79. The zero-order valence-electron chi connectivity index (χ0n) is 13.3. The number of nitrogens with zero attached hydrogens (tertiary/aromatic N) is 1. The minimum atomic E-state index is -3.82. The maximum absolute atomic E-state index is 12.8. The van der Waals surface area contributed by atoms with Crippen molar-refractivity contribution in [3.8, 4) is 5.75 Å². The summed E-state index contributed by atoms with van der Waals surface area (Å²) in [7, 11) is -2.32. The number of hydrogen-bond donors (Lipinski definition) is 1. The van der Waals surface area contributed by atoms with E-state index < -0.39 is 22.5 Å². The fourth-order valence-electron chi connectivity index (χ4n) is 2.95. The van der Waals surface area contributed by atoms with E-state index in [4.69, 9.17) is 9.84 Å². The Balaban J connectivity index is 2.21. The molecule has 23 heavy (non-hydrogen) atoms. The monoisotopic (exact) mass is 341 g/mol. The number of carboxylic acids is 1. The predicted octanol–water partition coefficient (Wildman–Crippen LogP) is 2.35. The fourth-order valence-corrected chi connectivity index (χ4v) is 4.42. The molecule has 2 rings (SSSR count). The van der Waals surface area contributed by atoms with Crippen molar-refractivity contribution >= 4 is 16.0 Å². The molecule has 1 aromatic rings. The van der Waals surface area contributed by atoms with Crippen LogP contribution in [0.1, 0.15) is 32.1 Å². The smallest absolute Gasteiger partial charge is 0.318 e. The molecule has 0 unspecified atom stereocenters. The van der Waals surface area contributed by atoms with Crippen molar-refractivity contribution < 1.29 is 23.1 Å². The molecular formula is C16H23NO5S. The Morgan fingerprint density at radius 2 is 1.83 bits per heavy atom. The zero-order chi connectivity index (χ0) is 16.9. The zero-order valence-corrected chi connectivity index (χ0v) is 14.1. The highest BCUT2D eigenvalue weighted by molar-refractivity contribution is 7.89. The lowest BCUT2D eigenvalue weighted by molar-refractivity contribution is -0.137. The van der Waals surface area contributed by atoms with Crippen LogP contribution in [0.5, 0.6) is 5.75 Å². The lowest BCUT2D eigenvalue weighted by Crippen LogP contribution is -2.39. The molecule has 0 spiro atoms. The van der Waals surface area contributed by atoms with Crippen LogP contribution < -0.4 is 4.74 Å². The van der Waals surface area contributed by atoms with Gasteiger partial charge in [-0.2, -0.15) is 4.31 Å². The molecule has 1 aliphatic carbocycles. The summed E-state index contributed by atoms with van der Waals surface area (Å²) in [6, 6.07) is 6.02. The quantitative estimate of drug-likeness (QED) is 0.823. The molecule has 1 aromatic carbocycles. The molecule has 0 atom stereocenters. The van der Waals surface area contributed by atoms with Crippen molar-refractivity contribution in [2.24, 2.45) is 5.92 Å². The number of sulfonamides is 1. The largest absolute Gasteiger partial charge is 0.497 e. The Morgan fingerprint density at radius 1 is 1.22 bits per heavy atom. The minimum Gasteiger partial charge on any atom is -0.497 e. The van der Waals surface area contributed by atoms with Gasteiger partial charge in [0.25, 0.3) is 0 Å². The number of ether oxygens (including phenoxy) is 1. The molecule has 6 nitrogen and oxygen atoms in total. The average Bonchev–Trinajstić information content (AvgIpc) is 2.55. The molecule has 0 radical (unpaired) electrons. The summed E-state index contributed by atoms with van der Waals surface area (Å²) in [5, 5.41) is 9.08. The van der Waals surface area contributed by atoms with Crippen molar-refractivity contribution in [2.45, 2.75) is 37.0 Å². The van der Waals surface area contributed by atoms with Crippen molar-refractivity contribution in [1.82, 2.24) is 4.31 Å². The summed E-state index contributed by atoms with van der Waals surface area (Å²) in [6.45, 7) is -0.245. The third kappa shape index (κ3) is 4.68. The predicted molar refractivity (Wildman–Crippen MR) is 86.0 cm³/mol. The van der Waals surface area contributed by atoms with Crippen LogP contribution in [0.15, 0.2) is 29.2 Å². The molecule has 0 saturated heterocycles. The molecule has 0 bridgehead atoms. The number of carbonyl (C=O) groups is 1. The van der Waals surface area contributed by atoms with E-state index in [1.165, 1.54) is 25.7 Å². The van der Waals surface area contributed by atoms with Gasteiger partial charge >= 0.3 is 5.97 Å². The number of benzene rings is 1. The number of aliphatic carboxylic acids is 1. The summed E-state index contributed by atoms with van der Waals surface area (Å²) in [4.78, 5) is 11.2. The Morgan fingerprint density at radius 3 is 2.35 bits per heavy atom. The van der Waals surface area contributed by atoms with E-state index >= 15 is 0 Å². The van der Waals surface area contributed by atoms with E-state index in [-0.39, 0.29) is 17.4 Å². The molecule has 1 fully saturated rings. The van der Waals surface area contributed by atoms with E-state index in [2.05, 4.69) is 0 Å². The van der Waals surface area contributed by atoms with Crippen LogP contribution in [0, 0.1) is 5.92 Å². The van der Waals surface area contributed by atoms with Gasteiger partial charge in [-0.05, 0) is 43.0 Å². The first-order valence-electron chi connectivity index (χ1n) is 7.79. The van der Waals surface area contributed by atoms with Crippen LogP contribution in [0.25, 0.3) is 0 Å². The van der Waals surface area contributed by atoms with Gasteiger partial charge in [-0.15, -0.1) is 0 Å². The van der Waals surface area contributed by atoms with Crippen LogP contribution in [0.3, 0.4) is 0 Å². The molecule has 0 aliphatic heterocycles. The van der Waals surface area contributed by atoms with Crippen LogP contribution in [0.4, 0.5) is 0 Å². The van der Waals surface area contributed by atoms with E-state index in [1.54, 1.807) is 12.1 Å². The number of methoxy groups -OCH3 is 1. The Hall–Kier alpha value is -1.60. The Bertz CT molecular complexity index is 620. The summed E-state index contributed by atoms with van der Waals surface area (Å²) < 4.78 is 31.6. The first-order valence-corrected chi connectivity index (χ1v) is 9.23. The molecular weight excluding hydrogens is 318 g/mol. The van der Waals surface area contributed by atoms with Crippen LogP contribution >= 0.6 is 0 Å². The van der Waals surface area contributed by atoms with E-state index in [0.717, 1.165) is 30.0 Å². The van der Waals surface area contributed by atoms with Gasteiger partial charge in [0.05, 0.1) is 12.0 Å². The third-order valence-electron chi connectivity index (χ3n) is 4.20. The molecule has 1 saturated carbocycles. The highest BCUT2D eigenvalue weighted by Gasteiger charge is 2.29. The van der Waals surface area contributed by atoms with Gasteiger partial charge < -0.3 is 9.84 Å². The van der Waals surface area contributed by atoms with Gasteiger partial charge in [-0.1, -0.05) is 19.3 Å². The van der Waals surface area contributed by atoms with Crippen LogP contribution in [-0.4, -0.2) is 44.0 Å². The number of hydrogen-bond acceptors (Lipinski definition) is 4. The van der Waals surface area contributed by atoms with E-state index in [1.807, 2.05) is 0 Å². The second-order valence-electron chi connectivity index (χ2n) is 5.87. The summed E-state index contributed by atoms with van der Waals surface area (Å²) in [6.07, 6.45) is 5.23. The lowest BCUT2D eigenvalue weighted by atomic mass is 9.89. The fraction of sp³-hybridized carbons (Fsp3) is 0.562. The molecule has 7 heteroatoms.